The van der Waals surface area contributed by atoms with E-state index in [9.17, 15) is 0 Å². The van der Waals surface area contributed by atoms with Crippen LogP contribution in [0, 0.1) is 0 Å². The number of hydrogen-bond acceptors (Lipinski definition) is 4. The first-order chi connectivity index (χ1) is 8.45. The molecule has 0 aliphatic carbocycles. The molecule has 0 amide bonds. The van der Waals surface area contributed by atoms with Crippen molar-refractivity contribution >= 4 is 19.0 Å². The van der Waals surface area contributed by atoms with Crippen LogP contribution in [0.4, 0.5) is 0 Å². The Morgan fingerprint density at radius 2 is 0.944 bits per heavy atom. The highest BCUT2D eigenvalue weighted by Crippen LogP contribution is 2.15. The molecule has 0 aromatic heterocycles. The van der Waals surface area contributed by atoms with Crippen LogP contribution in [-0.2, 0) is 18.9 Å². The van der Waals surface area contributed by atoms with Crippen molar-refractivity contribution in [2.24, 2.45) is 0 Å². The molecule has 0 aliphatic rings. The van der Waals surface area contributed by atoms with Gasteiger partial charge in [-0.3, -0.25) is 0 Å². The summed E-state index contributed by atoms with van der Waals surface area (Å²) < 4.78 is 21.6. The molecule has 0 heterocycles. The van der Waals surface area contributed by atoms with Gasteiger partial charge in [0, 0.05) is 28.4 Å². The number of methoxy groups -OCH3 is 4. The number of unbranched alkanes of at least 4 members (excludes halogenated alkanes) is 1. The normalized spacial score (nSPS) is 14.3. The first kappa shape index (κ1) is 18.3. The second kappa shape index (κ2) is 9.22. The second-order valence-electron chi connectivity index (χ2n) is 5.00. The van der Waals surface area contributed by atoms with Crippen molar-refractivity contribution in [1.82, 2.24) is 0 Å². The molecule has 0 aromatic carbocycles. The maximum absolute atomic E-state index is 5.39. The molecule has 18 heavy (non-hydrogen) atoms. The Hall–Kier alpha value is 0.274. The van der Waals surface area contributed by atoms with Crippen LogP contribution in [-0.4, -0.2) is 58.3 Å². The molecule has 0 unspecified atom stereocenters. The second-order valence-corrected chi connectivity index (χ2v) is 9.98. The van der Waals surface area contributed by atoms with E-state index in [-0.39, 0.29) is 29.9 Å². The highest BCUT2D eigenvalue weighted by atomic mass is 28.2. The first-order valence-electron chi connectivity index (χ1n) is 6.66. The van der Waals surface area contributed by atoms with E-state index in [1.54, 1.807) is 28.4 Å². The standard InChI is InChI=1S/C12H30O4Si2/c1-11(13-3,14-4)17-9-7-8-10-18-12(2,15-5)16-6/h7-10,17-18H2,1-6H3. The summed E-state index contributed by atoms with van der Waals surface area (Å²) in [5.74, 6) is 0. The minimum Gasteiger partial charge on any atom is -0.358 e. The Kier molecular flexibility index (Phi) is 9.36. The fraction of sp³-hybridized carbons (Fsp3) is 1.00. The largest absolute Gasteiger partial charge is 0.358 e. The zero-order valence-corrected chi connectivity index (χ0v) is 15.7. The van der Waals surface area contributed by atoms with Crippen molar-refractivity contribution in [3.05, 3.63) is 0 Å². The molecule has 0 rings (SSSR count). The van der Waals surface area contributed by atoms with Gasteiger partial charge < -0.3 is 18.9 Å². The fourth-order valence-corrected chi connectivity index (χ4v) is 5.13. The summed E-state index contributed by atoms with van der Waals surface area (Å²) in [6.45, 7) is 4.09. The summed E-state index contributed by atoms with van der Waals surface area (Å²) in [7, 11) is 6.24. The van der Waals surface area contributed by atoms with Gasteiger partial charge in [-0.25, -0.2) is 0 Å². The molecule has 0 aliphatic heterocycles. The fourth-order valence-electron chi connectivity index (χ4n) is 1.82. The number of ether oxygens (including phenoxy) is 4. The molecule has 0 radical (unpaired) electrons. The highest BCUT2D eigenvalue weighted by molar-refractivity contribution is 6.39. The molecule has 0 aromatic rings. The van der Waals surface area contributed by atoms with Gasteiger partial charge in [-0.05, 0) is 13.8 Å². The highest BCUT2D eigenvalue weighted by Gasteiger charge is 2.23. The molecule has 0 saturated carbocycles. The Balaban J connectivity index is 3.63. The van der Waals surface area contributed by atoms with Crippen LogP contribution >= 0.6 is 0 Å². The molecule has 0 bridgehead atoms. The van der Waals surface area contributed by atoms with Crippen LogP contribution < -0.4 is 0 Å². The topological polar surface area (TPSA) is 36.9 Å². The van der Waals surface area contributed by atoms with Gasteiger partial charge in [-0.1, -0.05) is 24.9 Å². The van der Waals surface area contributed by atoms with E-state index in [0.29, 0.717) is 0 Å². The zero-order valence-electron chi connectivity index (χ0n) is 12.9. The lowest BCUT2D eigenvalue weighted by Gasteiger charge is -2.27. The van der Waals surface area contributed by atoms with Crippen molar-refractivity contribution in [3.8, 4) is 0 Å². The van der Waals surface area contributed by atoms with Crippen molar-refractivity contribution in [2.75, 3.05) is 28.4 Å². The van der Waals surface area contributed by atoms with Gasteiger partial charge in [-0.15, -0.1) is 0 Å². The van der Waals surface area contributed by atoms with Crippen molar-refractivity contribution in [2.45, 2.75) is 49.6 Å². The Labute approximate surface area is 116 Å². The lowest BCUT2D eigenvalue weighted by atomic mass is 10.4. The van der Waals surface area contributed by atoms with Gasteiger partial charge in [0.05, 0.1) is 19.0 Å². The van der Waals surface area contributed by atoms with Crippen molar-refractivity contribution in [3.63, 3.8) is 0 Å². The summed E-state index contributed by atoms with van der Waals surface area (Å²) in [4.78, 5) is 0. The summed E-state index contributed by atoms with van der Waals surface area (Å²) in [6.07, 6.45) is 2.54. The minimum absolute atomic E-state index is 0.287. The van der Waals surface area contributed by atoms with Gasteiger partial charge >= 0.3 is 0 Å². The maximum atomic E-state index is 5.39. The summed E-state index contributed by atoms with van der Waals surface area (Å²) >= 11 is 0. The molecule has 0 spiro atoms. The maximum Gasteiger partial charge on any atom is 0.141 e. The third-order valence-corrected chi connectivity index (χ3v) is 8.42. The first-order valence-corrected chi connectivity index (χ1v) is 10.1. The van der Waals surface area contributed by atoms with Crippen LogP contribution in [0.25, 0.3) is 0 Å². The average Bonchev–Trinajstić information content (AvgIpc) is 2.42. The number of hydrogen-bond donors (Lipinski definition) is 0. The van der Waals surface area contributed by atoms with E-state index in [4.69, 9.17) is 18.9 Å². The van der Waals surface area contributed by atoms with Crippen LogP contribution in [0.15, 0.2) is 0 Å². The van der Waals surface area contributed by atoms with Crippen LogP contribution in [0.2, 0.25) is 12.1 Å². The van der Waals surface area contributed by atoms with Crippen LogP contribution in [0.1, 0.15) is 26.7 Å². The van der Waals surface area contributed by atoms with Gasteiger partial charge in [0.1, 0.15) is 10.8 Å². The van der Waals surface area contributed by atoms with E-state index in [0.717, 1.165) is 0 Å². The average molecular weight is 295 g/mol. The van der Waals surface area contributed by atoms with E-state index >= 15 is 0 Å². The summed E-state index contributed by atoms with van der Waals surface area (Å²) in [5.41, 5.74) is -0.573. The molecule has 6 heteroatoms. The van der Waals surface area contributed by atoms with Gasteiger partial charge in [-0.2, -0.15) is 0 Å². The summed E-state index contributed by atoms with van der Waals surface area (Å²) in [6, 6.07) is 2.53. The van der Waals surface area contributed by atoms with E-state index in [2.05, 4.69) is 0 Å². The predicted molar refractivity (Wildman–Crippen MR) is 80.8 cm³/mol. The Morgan fingerprint density at radius 3 is 1.17 bits per heavy atom. The van der Waals surface area contributed by atoms with Crippen molar-refractivity contribution < 1.29 is 18.9 Å². The third kappa shape index (κ3) is 7.01. The predicted octanol–water partition coefficient (Wildman–Crippen LogP) is 0.874. The number of rotatable bonds is 11. The Bertz CT molecular complexity index is 184. The monoisotopic (exact) mass is 294 g/mol. The van der Waals surface area contributed by atoms with E-state index in [1.165, 1.54) is 24.9 Å². The molecule has 0 fully saturated rings. The lowest BCUT2D eigenvalue weighted by molar-refractivity contribution is -0.131. The minimum atomic E-state index is -0.335. The van der Waals surface area contributed by atoms with E-state index < -0.39 is 0 Å². The molecule has 4 nitrogen and oxygen atoms in total. The van der Waals surface area contributed by atoms with Crippen LogP contribution in [0.5, 0.6) is 0 Å². The Morgan fingerprint density at radius 1 is 0.667 bits per heavy atom. The molecule has 0 saturated heterocycles. The summed E-state index contributed by atoms with van der Waals surface area (Å²) in [5, 5.41) is 0. The quantitative estimate of drug-likeness (QED) is 0.322. The SMILES string of the molecule is COC(C)(OC)[SiH2]CCCC[SiH2]C(C)(OC)OC. The molecular formula is C12H30O4Si2. The molecule has 0 N–H and O–H groups in total. The van der Waals surface area contributed by atoms with Gasteiger partial charge in [0.2, 0.25) is 0 Å². The van der Waals surface area contributed by atoms with Crippen LogP contribution in [0.3, 0.4) is 0 Å². The molecule has 110 valence electrons. The zero-order chi connectivity index (χ0) is 14.1. The molecular weight excluding hydrogens is 264 g/mol. The molecule has 0 atom stereocenters. The van der Waals surface area contributed by atoms with E-state index in [1.807, 2.05) is 13.8 Å². The van der Waals surface area contributed by atoms with Crippen molar-refractivity contribution in [1.29, 1.82) is 0 Å². The smallest absolute Gasteiger partial charge is 0.141 e. The van der Waals surface area contributed by atoms with Gasteiger partial charge in [0.25, 0.3) is 0 Å². The lowest BCUT2D eigenvalue weighted by Crippen LogP contribution is -2.37. The third-order valence-electron chi connectivity index (χ3n) is 3.74. The van der Waals surface area contributed by atoms with Gasteiger partial charge in [0.15, 0.2) is 0 Å².